The Balaban J connectivity index is 1.65. The molecular formula is C34H51F3O3Si. The number of halogens is 3. The first-order valence-electron chi connectivity index (χ1n) is 15.6. The van der Waals surface area contributed by atoms with Gasteiger partial charge in [-0.25, -0.2) is 0 Å². The second kappa shape index (κ2) is 11.5. The summed E-state index contributed by atoms with van der Waals surface area (Å²) in [6.07, 6.45) is 5.28. The summed E-state index contributed by atoms with van der Waals surface area (Å²) in [6, 6.07) is 6.52. The van der Waals surface area contributed by atoms with Gasteiger partial charge in [-0.1, -0.05) is 52.7 Å². The minimum atomic E-state index is -4.73. The van der Waals surface area contributed by atoms with Gasteiger partial charge in [0.2, 0.25) is 5.78 Å². The van der Waals surface area contributed by atoms with Gasteiger partial charge in [0.25, 0.3) is 0 Å². The minimum absolute atomic E-state index is 0.0150. The van der Waals surface area contributed by atoms with Crippen LogP contribution in [-0.2, 0) is 15.6 Å². The van der Waals surface area contributed by atoms with Crippen molar-refractivity contribution in [3.63, 3.8) is 0 Å². The Morgan fingerprint density at radius 1 is 1.15 bits per heavy atom. The van der Waals surface area contributed by atoms with Crippen molar-refractivity contribution in [2.45, 2.75) is 128 Å². The first-order chi connectivity index (χ1) is 19.0. The van der Waals surface area contributed by atoms with Crippen molar-refractivity contribution in [1.29, 1.82) is 0 Å². The van der Waals surface area contributed by atoms with E-state index in [1.54, 1.807) is 7.11 Å². The van der Waals surface area contributed by atoms with Gasteiger partial charge >= 0.3 is 6.18 Å². The standard InChI is InChI=1S/C34H51F3O3Si/c1-9-33-20-19-23-21-25(39-6)15-16-26(23)30(33)24(13-11-10-12-14-28(38)34(35,36)37)22-32(5)27(33)17-18-29(32)40-41(7,8)31(2,3)4/h9,15-16,21,24,27,29-30H,1,10-14,17-20,22H2,2-8H3/t24-,27+,29-,30+,32-,33-/m0/s1. The molecule has 3 aliphatic rings. The smallest absolute Gasteiger partial charge is 0.449 e. The van der Waals surface area contributed by atoms with Gasteiger partial charge in [-0.15, -0.1) is 6.58 Å². The van der Waals surface area contributed by atoms with E-state index in [-0.39, 0.29) is 28.4 Å². The van der Waals surface area contributed by atoms with E-state index in [1.807, 2.05) is 0 Å². The van der Waals surface area contributed by atoms with Gasteiger partial charge in [0.1, 0.15) is 5.75 Å². The van der Waals surface area contributed by atoms with Crippen LogP contribution in [0.25, 0.3) is 0 Å². The van der Waals surface area contributed by atoms with E-state index >= 15 is 0 Å². The minimum Gasteiger partial charge on any atom is -0.497 e. The van der Waals surface area contributed by atoms with E-state index < -0.39 is 26.7 Å². The molecule has 3 nitrogen and oxygen atoms in total. The maximum absolute atomic E-state index is 12.7. The number of methoxy groups -OCH3 is 1. The monoisotopic (exact) mass is 592 g/mol. The summed E-state index contributed by atoms with van der Waals surface area (Å²) < 4.78 is 50.9. The molecule has 0 saturated heterocycles. The number of Topliss-reactive ketones (excluding diaryl/α,β-unsaturated/α-hetero) is 1. The number of unbranched alkanes of at least 4 members (excludes halogenated alkanes) is 2. The first kappa shape index (κ1) is 32.3. The summed E-state index contributed by atoms with van der Waals surface area (Å²) in [6.45, 7) is 18.5. The third kappa shape index (κ3) is 5.96. The van der Waals surface area contributed by atoms with E-state index in [0.29, 0.717) is 24.2 Å². The number of ether oxygens (including phenoxy) is 1. The highest BCUT2D eigenvalue weighted by molar-refractivity contribution is 6.74. The molecule has 0 aromatic heterocycles. The quantitative estimate of drug-likeness (QED) is 0.154. The van der Waals surface area contributed by atoms with Crippen LogP contribution < -0.4 is 4.74 Å². The number of hydrogen-bond acceptors (Lipinski definition) is 3. The van der Waals surface area contributed by atoms with Gasteiger partial charge in [-0.2, -0.15) is 13.2 Å². The summed E-state index contributed by atoms with van der Waals surface area (Å²) >= 11 is 0. The van der Waals surface area contributed by atoms with Gasteiger partial charge < -0.3 is 9.16 Å². The molecule has 1 aromatic carbocycles. The highest BCUT2D eigenvalue weighted by Gasteiger charge is 2.64. The average molecular weight is 593 g/mol. The Kier molecular flexibility index (Phi) is 9.05. The first-order valence-corrected chi connectivity index (χ1v) is 18.5. The van der Waals surface area contributed by atoms with E-state index in [9.17, 15) is 18.0 Å². The van der Waals surface area contributed by atoms with Crippen molar-refractivity contribution >= 4 is 14.1 Å². The lowest BCUT2D eigenvalue weighted by Crippen LogP contribution is -2.56. The summed E-state index contributed by atoms with van der Waals surface area (Å²) in [5.74, 6) is 0.427. The Hall–Kier alpha value is -1.60. The molecule has 1 aromatic rings. The number of carbonyl (C=O) groups is 1. The van der Waals surface area contributed by atoms with Gasteiger partial charge in [-0.3, -0.25) is 4.79 Å². The van der Waals surface area contributed by atoms with E-state index in [4.69, 9.17) is 9.16 Å². The van der Waals surface area contributed by atoms with Crippen LogP contribution in [0.4, 0.5) is 13.2 Å². The molecule has 0 bridgehead atoms. The fraction of sp³-hybridized carbons (Fsp3) is 0.735. The van der Waals surface area contributed by atoms with Crippen LogP contribution in [0.3, 0.4) is 0 Å². The molecule has 0 amide bonds. The number of ketones is 1. The zero-order chi connectivity index (χ0) is 30.4. The predicted octanol–water partition coefficient (Wildman–Crippen LogP) is 9.81. The van der Waals surface area contributed by atoms with E-state index in [0.717, 1.165) is 50.7 Å². The normalized spacial score (nSPS) is 31.7. The number of alkyl halides is 3. The fourth-order valence-electron chi connectivity index (χ4n) is 8.53. The molecule has 4 rings (SSSR count). The lowest BCUT2D eigenvalue weighted by atomic mass is 9.44. The Morgan fingerprint density at radius 3 is 2.46 bits per heavy atom. The number of benzene rings is 1. The molecule has 0 spiro atoms. The molecule has 0 heterocycles. The lowest BCUT2D eigenvalue weighted by Gasteiger charge is -2.61. The van der Waals surface area contributed by atoms with Crippen molar-refractivity contribution in [2.75, 3.05) is 7.11 Å². The van der Waals surface area contributed by atoms with Crippen molar-refractivity contribution in [3.8, 4) is 5.75 Å². The summed E-state index contributed by atoms with van der Waals surface area (Å²) in [7, 11) is -0.281. The van der Waals surface area contributed by atoms with Crippen molar-refractivity contribution in [2.24, 2.45) is 22.7 Å². The average Bonchev–Trinajstić information content (AvgIpc) is 3.21. The van der Waals surface area contributed by atoms with Crippen LogP contribution in [0.15, 0.2) is 30.9 Å². The molecule has 2 saturated carbocycles. The van der Waals surface area contributed by atoms with Crippen LogP contribution in [0.1, 0.15) is 103 Å². The van der Waals surface area contributed by atoms with Crippen molar-refractivity contribution in [3.05, 3.63) is 42.0 Å². The molecule has 230 valence electrons. The van der Waals surface area contributed by atoms with Crippen LogP contribution in [-0.4, -0.2) is 33.5 Å². The summed E-state index contributed by atoms with van der Waals surface area (Å²) in [5.41, 5.74) is 2.71. The molecule has 7 heteroatoms. The van der Waals surface area contributed by atoms with Crippen molar-refractivity contribution < 1.29 is 27.1 Å². The van der Waals surface area contributed by atoms with Crippen molar-refractivity contribution in [1.82, 2.24) is 0 Å². The number of aryl methyl sites for hydroxylation is 1. The highest BCUT2D eigenvalue weighted by atomic mass is 28.4. The zero-order valence-corrected chi connectivity index (χ0v) is 27.3. The van der Waals surface area contributed by atoms with Gasteiger partial charge in [0, 0.05) is 6.42 Å². The highest BCUT2D eigenvalue weighted by Crippen LogP contribution is 2.70. The third-order valence-electron chi connectivity index (χ3n) is 11.6. The summed E-state index contributed by atoms with van der Waals surface area (Å²) in [4.78, 5) is 11.4. The lowest BCUT2D eigenvalue weighted by molar-refractivity contribution is -0.171. The molecule has 2 fully saturated rings. The molecule has 0 unspecified atom stereocenters. The Morgan fingerprint density at radius 2 is 1.85 bits per heavy atom. The SMILES string of the molecule is C=C[C@@]12CCc3cc(OC)ccc3[C@H]1[C@@H](CCCCCC(=O)C(F)(F)F)C[C@]1(C)[C@@H](O[Si](C)(C)C(C)(C)C)CC[C@H]12. The zero-order valence-electron chi connectivity index (χ0n) is 26.3. The number of carbonyl (C=O) groups excluding carboxylic acids is 1. The Bertz CT molecular complexity index is 1120. The Labute approximate surface area is 246 Å². The molecule has 6 atom stereocenters. The second-order valence-corrected chi connectivity index (χ2v) is 19.6. The van der Waals surface area contributed by atoms with E-state index in [2.05, 4.69) is 71.6 Å². The predicted molar refractivity (Wildman–Crippen MR) is 162 cm³/mol. The van der Waals surface area contributed by atoms with Gasteiger partial charge in [0.15, 0.2) is 8.32 Å². The molecular weight excluding hydrogens is 541 g/mol. The molecule has 41 heavy (non-hydrogen) atoms. The maximum atomic E-state index is 12.7. The topological polar surface area (TPSA) is 35.5 Å². The number of allylic oxidation sites excluding steroid dienone is 1. The number of rotatable bonds is 10. The summed E-state index contributed by atoms with van der Waals surface area (Å²) in [5, 5.41) is 0.130. The number of hydrogen-bond donors (Lipinski definition) is 0. The van der Waals surface area contributed by atoms with E-state index in [1.165, 1.54) is 11.1 Å². The maximum Gasteiger partial charge on any atom is 0.449 e. The van der Waals surface area contributed by atoms with Gasteiger partial charge in [-0.05, 0) is 115 Å². The van der Waals surface area contributed by atoms with Crippen LogP contribution in [0, 0.1) is 22.7 Å². The second-order valence-electron chi connectivity index (χ2n) is 14.8. The molecule has 0 radical (unpaired) electrons. The van der Waals surface area contributed by atoms with Crippen LogP contribution in [0.5, 0.6) is 5.75 Å². The largest absolute Gasteiger partial charge is 0.497 e. The molecule has 3 aliphatic carbocycles. The van der Waals surface area contributed by atoms with Gasteiger partial charge in [0.05, 0.1) is 13.2 Å². The third-order valence-corrected chi connectivity index (χ3v) is 16.1. The van der Waals surface area contributed by atoms with Crippen LogP contribution in [0.2, 0.25) is 18.1 Å². The van der Waals surface area contributed by atoms with Crippen LogP contribution >= 0.6 is 0 Å². The number of fused-ring (bicyclic) bond motifs is 5. The fourth-order valence-corrected chi connectivity index (χ4v) is 9.98. The molecule has 0 N–H and O–H groups in total. The molecule has 0 aliphatic heterocycles.